The molecule has 0 fully saturated rings. The van der Waals surface area contributed by atoms with E-state index >= 15 is 0 Å². The van der Waals surface area contributed by atoms with Crippen molar-refractivity contribution < 1.29 is 14.4 Å². The Balaban J connectivity index is 1.89. The molecule has 3 rings (SSSR count). The highest BCUT2D eigenvalue weighted by Crippen LogP contribution is 2.29. The number of hydrogen-bond donors (Lipinski definition) is 3. The number of Topliss-reactive ketones (excluding diaryl/α,β-unsaturated/α-hetero) is 1. The number of ketones is 1. The van der Waals surface area contributed by atoms with Gasteiger partial charge in [0.05, 0.1) is 5.69 Å². The third-order valence-corrected chi connectivity index (χ3v) is 3.69. The van der Waals surface area contributed by atoms with Crippen molar-refractivity contribution in [1.29, 1.82) is 0 Å². The summed E-state index contributed by atoms with van der Waals surface area (Å²) in [5, 5.41) is 5.68. The summed E-state index contributed by atoms with van der Waals surface area (Å²) in [5.41, 5.74) is 2.74. The number of carbonyl (C=O) groups is 3. The van der Waals surface area contributed by atoms with E-state index in [1.807, 2.05) is 19.1 Å². The van der Waals surface area contributed by atoms with Crippen LogP contribution in [0.25, 0.3) is 10.9 Å². The van der Waals surface area contributed by atoms with Crippen molar-refractivity contribution in [2.24, 2.45) is 0 Å². The van der Waals surface area contributed by atoms with E-state index in [1.54, 1.807) is 18.2 Å². The van der Waals surface area contributed by atoms with Gasteiger partial charge in [-0.2, -0.15) is 0 Å². The predicted molar refractivity (Wildman–Crippen MR) is 94.5 cm³/mol. The van der Waals surface area contributed by atoms with Gasteiger partial charge in [0.1, 0.15) is 5.69 Å². The van der Waals surface area contributed by atoms with E-state index in [0.29, 0.717) is 16.8 Å². The first kappa shape index (κ1) is 16.4. The number of fused-ring (bicyclic) bond motifs is 1. The predicted octanol–water partition coefficient (Wildman–Crippen LogP) is 2.65. The molecule has 3 aromatic rings. The zero-order valence-corrected chi connectivity index (χ0v) is 13.7. The van der Waals surface area contributed by atoms with Crippen molar-refractivity contribution in [3.8, 4) is 0 Å². The number of aromatic nitrogens is 2. The van der Waals surface area contributed by atoms with Crippen molar-refractivity contribution >= 4 is 39.9 Å². The Bertz CT molecular complexity index is 977. The van der Waals surface area contributed by atoms with Gasteiger partial charge in [0, 0.05) is 35.9 Å². The number of H-pyrrole nitrogens is 1. The fraction of sp³-hybridized carbons (Fsp3) is 0.111. The minimum absolute atomic E-state index is 0.237. The molecule has 2 heterocycles. The second-order valence-corrected chi connectivity index (χ2v) is 5.62. The SMILES string of the molecule is CC(=O)c1[nH]c2cc(C)ccc2c1NC(=O)C(=O)Nc1ccncc1. The lowest BCUT2D eigenvalue weighted by Crippen LogP contribution is -2.29. The Morgan fingerprint density at radius 1 is 1.00 bits per heavy atom. The number of anilines is 2. The highest BCUT2D eigenvalue weighted by Gasteiger charge is 2.21. The number of pyridine rings is 1. The second-order valence-electron chi connectivity index (χ2n) is 5.62. The van der Waals surface area contributed by atoms with Crippen LogP contribution in [0, 0.1) is 6.92 Å². The standard InChI is InChI=1S/C18H16N4O3/c1-10-3-4-13-14(9-10)21-15(11(2)23)16(13)22-18(25)17(24)20-12-5-7-19-8-6-12/h3-9,21H,1-2H3,(H,22,25)(H,19,20,24). The summed E-state index contributed by atoms with van der Waals surface area (Å²) in [6.45, 7) is 3.32. The molecule has 2 aromatic heterocycles. The molecule has 0 aliphatic rings. The van der Waals surface area contributed by atoms with E-state index in [0.717, 1.165) is 11.1 Å². The summed E-state index contributed by atoms with van der Waals surface area (Å²) in [5.74, 6) is -1.93. The Morgan fingerprint density at radius 2 is 1.68 bits per heavy atom. The lowest BCUT2D eigenvalue weighted by Gasteiger charge is -2.07. The molecule has 3 N–H and O–H groups in total. The van der Waals surface area contributed by atoms with Crippen LogP contribution in [0.1, 0.15) is 23.0 Å². The molecule has 2 amide bonds. The lowest BCUT2D eigenvalue weighted by molar-refractivity contribution is -0.132. The van der Waals surface area contributed by atoms with Gasteiger partial charge in [-0.25, -0.2) is 0 Å². The number of aromatic amines is 1. The highest BCUT2D eigenvalue weighted by atomic mass is 16.2. The van der Waals surface area contributed by atoms with Gasteiger partial charge in [-0.05, 0) is 30.7 Å². The van der Waals surface area contributed by atoms with Crippen LogP contribution < -0.4 is 10.6 Å². The van der Waals surface area contributed by atoms with Gasteiger partial charge in [0.15, 0.2) is 5.78 Å². The van der Waals surface area contributed by atoms with Crippen LogP contribution in [0.4, 0.5) is 11.4 Å². The molecule has 0 unspecified atom stereocenters. The first-order valence-corrected chi connectivity index (χ1v) is 7.61. The van der Waals surface area contributed by atoms with Crippen LogP contribution in [-0.2, 0) is 9.59 Å². The van der Waals surface area contributed by atoms with Gasteiger partial charge in [0.25, 0.3) is 0 Å². The Morgan fingerprint density at radius 3 is 2.36 bits per heavy atom. The van der Waals surface area contributed by atoms with E-state index in [4.69, 9.17) is 0 Å². The minimum Gasteiger partial charge on any atom is -0.350 e. The first-order chi connectivity index (χ1) is 12.0. The van der Waals surface area contributed by atoms with Crippen LogP contribution in [0.2, 0.25) is 0 Å². The fourth-order valence-electron chi connectivity index (χ4n) is 2.50. The zero-order chi connectivity index (χ0) is 18.0. The van der Waals surface area contributed by atoms with E-state index in [9.17, 15) is 14.4 Å². The molecule has 0 saturated heterocycles. The number of benzene rings is 1. The summed E-state index contributed by atoms with van der Waals surface area (Å²) in [6.07, 6.45) is 3.01. The maximum atomic E-state index is 12.2. The molecule has 126 valence electrons. The summed E-state index contributed by atoms with van der Waals surface area (Å²) in [4.78, 5) is 43.0. The average Bonchev–Trinajstić information content (AvgIpc) is 2.93. The van der Waals surface area contributed by atoms with Crippen molar-refractivity contribution in [2.45, 2.75) is 13.8 Å². The van der Waals surface area contributed by atoms with Crippen molar-refractivity contribution in [1.82, 2.24) is 9.97 Å². The molecule has 0 radical (unpaired) electrons. The van der Waals surface area contributed by atoms with Crippen molar-refractivity contribution in [2.75, 3.05) is 10.6 Å². The van der Waals surface area contributed by atoms with Crippen LogP contribution in [-0.4, -0.2) is 27.6 Å². The Hall–Kier alpha value is -3.48. The van der Waals surface area contributed by atoms with Gasteiger partial charge >= 0.3 is 11.8 Å². The van der Waals surface area contributed by atoms with Crippen LogP contribution in [0.3, 0.4) is 0 Å². The van der Waals surface area contributed by atoms with E-state index in [2.05, 4.69) is 20.6 Å². The summed E-state index contributed by atoms with van der Waals surface area (Å²) < 4.78 is 0. The maximum absolute atomic E-state index is 12.2. The summed E-state index contributed by atoms with van der Waals surface area (Å²) in [7, 11) is 0. The Labute approximate surface area is 143 Å². The molecule has 1 aromatic carbocycles. The summed E-state index contributed by atoms with van der Waals surface area (Å²) >= 11 is 0. The maximum Gasteiger partial charge on any atom is 0.314 e. The van der Waals surface area contributed by atoms with Gasteiger partial charge in [-0.3, -0.25) is 19.4 Å². The average molecular weight is 336 g/mol. The van der Waals surface area contributed by atoms with E-state index < -0.39 is 11.8 Å². The van der Waals surface area contributed by atoms with Crippen LogP contribution in [0.15, 0.2) is 42.7 Å². The molecule has 0 aliphatic heterocycles. The topological polar surface area (TPSA) is 104 Å². The molecule has 0 spiro atoms. The number of nitrogens with one attached hydrogen (secondary N) is 3. The molecule has 0 bridgehead atoms. The number of carbonyl (C=O) groups excluding carboxylic acids is 3. The van der Waals surface area contributed by atoms with Gasteiger partial charge in [-0.15, -0.1) is 0 Å². The molecule has 7 heteroatoms. The first-order valence-electron chi connectivity index (χ1n) is 7.61. The quantitative estimate of drug-likeness (QED) is 0.505. The van der Waals surface area contributed by atoms with Crippen molar-refractivity contribution in [3.63, 3.8) is 0 Å². The van der Waals surface area contributed by atoms with Crippen LogP contribution in [0.5, 0.6) is 0 Å². The molecule has 0 saturated carbocycles. The number of aryl methyl sites for hydroxylation is 1. The largest absolute Gasteiger partial charge is 0.350 e. The molecule has 0 aliphatic carbocycles. The third kappa shape index (κ3) is 3.40. The second kappa shape index (κ2) is 6.56. The summed E-state index contributed by atoms with van der Waals surface area (Å²) in [6, 6.07) is 8.67. The molecular weight excluding hydrogens is 320 g/mol. The van der Waals surface area contributed by atoms with Crippen molar-refractivity contribution in [3.05, 3.63) is 54.0 Å². The molecular formula is C18H16N4O3. The monoisotopic (exact) mass is 336 g/mol. The van der Waals surface area contributed by atoms with E-state index in [-0.39, 0.29) is 11.5 Å². The molecule has 0 atom stereocenters. The number of amides is 2. The molecule has 25 heavy (non-hydrogen) atoms. The number of hydrogen-bond acceptors (Lipinski definition) is 4. The number of rotatable bonds is 3. The zero-order valence-electron chi connectivity index (χ0n) is 13.7. The van der Waals surface area contributed by atoms with E-state index in [1.165, 1.54) is 19.3 Å². The third-order valence-electron chi connectivity index (χ3n) is 3.69. The van der Waals surface area contributed by atoms with Crippen LogP contribution >= 0.6 is 0 Å². The lowest BCUT2D eigenvalue weighted by atomic mass is 10.1. The minimum atomic E-state index is -0.860. The van der Waals surface area contributed by atoms with Gasteiger partial charge in [0.2, 0.25) is 0 Å². The fourth-order valence-corrected chi connectivity index (χ4v) is 2.50. The highest BCUT2D eigenvalue weighted by molar-refractivity contribution is 6.44. The smallest absolute Gasteiger partial charge is 0.314 e. The molecule has 7 nitrogen and oxygen atoms in total. The van der Waals surface area contributed by atoms with Gasteiger partial charge < -0.3 is 15.6 Å². The van der Waals surface area contributed by atoms with Gasteiger partial charge in [-0.1, -0.05) is 12.1 Å². The normalized spacial score (nSPS) is 10.5. The Kier molecular flexibility index (Phi) is 4.30. The number of nitrogens with zero attached hydrogens (tertiary/aromatic N) is 1.